The fourth-order valence-electron chi connectivity index (χ4n) is 2.44. The van der Waals surface area contributed by atoms with Gasteiger partial charge in [-0.2, -0.15) is 0 Å². The Balaban J connectivity index is 0.00000176. The van der Waals surface area contributed by atoms with Gasteiger partial charge in [0.2, 0.25) is 0 Å². The van der Waals surface area contributed by atoms with Crippen LogP contribution in [0.5, 0.6) is 5.75 Å². The van der Waals surface area contributed by atoms with E-state index < -0.39 is 0 Å². The number of hydrogen-bond donors (Lipinski definition) is 2. The van der Waals surface area contributed by atoms with Crippen molar-refractivity contribution in [2.24, 2.45) is 0 Å². The second-order valence-electron chi connectivity index (χ2n) is 5.35. The maximum atomic E-state index is 12.2. The first-order valence-corrected chi connectivity index (χ1v) is 6.77. The van der Waals surface area contributed by atoms with Gasteiger partial charge in [-0.3, -0.25) is 4.79 Å². The molecule has 0 aliphatic carbocycles. The minimum Gasteiger partial charge on any atom is -0.508 e. The average Bonchev–Trinajstić information content (AvgIpc) is 2.44. The molecule has 0 fully saturated rings. The van der Waals surface area contributed by atoms with Crippen molar-refractivity contribution in [3.63, 3.8) is 0 Å². The van der Waals surface area contributed by atoms with Crippen molar-refractivity contribution in [3.8, 4) is 17.1 Å². The fourth-order valence-corrected chi connectivity index (χ4v) is 2.44. The second-order valence-corrected chi connectivity index (χ2v) is 5.35. The van der Waals surface area contributed by atoms with Crippen molar-refractivity contribution in [1.82, 2.24) is 9.97 Å². The molecule has 0 aliphatic rings. The van der Waals surface area contributed by atoms with Gasteiger partial charge in [-0.15, -0.1) is 0 Å². The Bertz CT molecular complexity index is 893. The van der Waals surface area contributed by atoms with Gasteiger partial charge < -0.3 is 10.1 Å². The third-order valence-electron chi connectivity index (χ3n) is 3.89. The van der Waals surface area contributed by atoms with E-state index in [4.69, 9.17) is 0 Å². The van der Waals surface area contributed by atoms with Crippen molar-refractivity contribution in [1.29, 1.82) is 0 Å². The Kier molecular flexibility index (Phi) is 5.09. The summed E-state index contributed by atoms with van der Waals surface area (Å²) in [6, 6.07) is 8.65. The van der Waals surface area contributed by atoms with Crippen LogP contribution in [-0.4, -0.2) is 15.1 Å². The van der Waals surface area contributed by atoms with Crippen LogP contribution in [0.25, 0.3) is 22.3 Å². The minimum absolute atomic E-state index is 0. The predicted molar refractivity (Wildman–Crippen MR) is 83.7 cm³/mol. The molecule has 2 aromatic carbocycles. The molecule has 3 aromatic rings. The number of aromatic nitrogens is 2. The Hall–Kier alpha value is -1.18. The van der Waals surface area contributed by atoms with Gasteiger partial charge in [-0.25, -0.2) is 4.98 Å². The zero-order valence-electron chi connectivity index (χ0n) is 12.8. The largest absolute Gasteiger partial charge is 0.508 e. The average molecular weight is 507 g/mol. The molecule has 1 radical (unpaired) electrons. The molecule has 0 atom stereocenters. The van der Waals surface area contributed by atoms with Crippen molar-refractivity contribution in [2.75, 3.05) is 0 Å². The summed E-state index contributed by atoms with van der Waals surface area (Å²) in [6.07, 6.45) is 0. The molecular formula is C17H16AcN2O2. The van der Waals surface area contributed by atoms with Gasteiger partial charge in [0.25, 0.3) is 5.56 Å². The van der Waals surface area contributed by atoms with Gasteiger partial charge in [0, 0.05) is 49.6 Å². The molecule has 0 saturated heterocycles. The minimum atomic E-state index is -0.248. The number of nitrogens with one attached hydrogen (secondary N) is 1. The Morgan fingerprint density at radius 2 is 1.68 bits per heavy atom. The van der Waals surface area contributed by atoms with Gasteiger partial charge in [0.15, 0.2) is 0 Å². The van der Waals surface area contributed by atoms with Crippen LogP contribution >= 0.6 is 0 Å². The molecule has 0 bridgehead atoms. The summed E-state index contributed by atoms with van der Waals surface area (Å²) in [5.74, 6) is 0.606. The molecule has 0 spiro atoms. The van der Waals surface area contributed by atoms with Gasteiger partial charge in [-0.05, 0) is 67.8 Å². The van der Waals surface area contributed by atoms with Gasteiger partial charge in [0.1, 0.15) is 11.6 Å². The normalized spacial score (nSPS) is 10.5. The number of hydrogen-bond acceptors (Lipinski definition) is 3. The van der Waals surface area contributed by atoms with E-state index in [2.05, 4.69) is 16.9 Å². The molecular weight excluding hydrogens is 491 g/mol. The summed E-state index contributed by atoms with van der Waals surface area (Å²) in [5, 5.41) is 9.85. The third-order valence-corrected chi connectivity index (χ3v) is 3.89. The monoisotopic (exact) mass is 507 g/mol. The number of phenols is 1. The number of aromatic amines is 1. The number of H-pyrrole nitrogens is 1. The van der Waals surface area contributed by atoms with Gasteiger partial charge >= 0.3 is 0 Å². The van der Waals surface area contributed by atoms with E-state index in [9.17, 15) is 9.90 Å². The van der Waals surface area contributed by atoms with Crippen LogP contribution in [0, 0.1) is 64.8 Å². The molecule has 0 aliphatic heterocycles. The quantitative estimate of drug-likeness (QED) is 0.532. The molecule has 109 valence electrons. The second kappa shape index (κ2) is 6.52. The molecule has 3 rings (SSSR count). The van der Waals surface area contributed by atoms with Crippen LogP contribution in [0.4, 0.5) is 0 Å². The van der Waals surface area contributed by atoms with E-state index in [0.29, 0.717) is 16.7 Å². The van der Waals surface area contributed by atoms with Crippen LogP contribution < -0.4 is 5.56 Å². The summed E-state index contributed by atoms with van der Waals surface area (Å²) in [6.45, 7) is 6.17. The Morgan fingerprint density at radius 1 is 1.05 bits per heavy atom. The smallest absolute Gasteiger partial charge is 0.259 e. The zero-order valence-corrected chi connectivity index (χ0v) is 17.5. The molecule has 1 aromatic heterocycles. The van der Waals surface area contributed by atoms with E-state index in [1.807, 2.05) is 26.0 Å². The fraction of sp³-hybridized carbons (Fsp3) is 0.176. The van der Waals surface area contributed by atoms with E-state index in [0.717, 1.165) is 5.56 Å². The summed E-state index contributed by atoms with van der Waals surface area (Å²) in [7, 11) is 0. The topological polar surface area (TPSA) is 66.0 Å². The number of aryl methyl sites for hydroxylation is 2. The SMILES string of the molecule is Cc1cc(-c2nc3ccc(O)cc3c(=O)[nH]2)cc(C)c1C.[Ac]. The van der Waals surface area contributed by atoms with E-state index in [1.54, 1.807) is 6.07 Å². The first-order chi connectivity index (χ1) is 9.95. The van der Waals surface area contributed by atoms with Crippen LogP contribution in [0.15, 0.2) is 35.1 Å². The van der Waals surface area contributed by atoms with E-state index >= 15 is 0 Å². The van der Waals surface area contributed by atoms with Gasteiger partial charge in [-0.1, -0.05) is 0 Å². The van der Waals surface area contributed by atoms with E-state index in [-0.39, 0.29) is 55.4 Å². The summed E-state index contributed by atoms with van der Waals surface area (Å²) < 4.78 is 0. The maximum Gasteiger partial charge on any atom is 0.259 e. The number of aromatic hydroxyl groups is 1. The molecule has 0 saturated carbocycles. The molecule has 5 heteroatoms. The van der Waals surface area contributed by atoms with Crippen LogP contribution in [0.3, 0.4) is 0 Å². The molecule has 22 heavy (non-hydrogen) atoms. The summed E-state index contributed by atoms with van der Waals surface area (Å²) in [4.78, 5) is 19.4. The molecule has 1 heterocycles. The number of nitrogens with zero attached hydrogens (tertiary/aromatic N) is 1. The van der Waals surface area contributed by atoms with Gasteiger partial charge in [0.05, 0.1) is 10.9 Å². The zero-order chi connectivity index (χ0) is 15.1. The Labute approximate surface area is 164 Å². The number of benzene rings is 2. The summed E-state index contributed by atoms with van der Waals surface area (Å²) >= 11 is 0. The molecule has 0 unspecified atom stereocenters. The predicted octanol–water partition coefficient (Wildman–Crippen LogP) is 3.22. The third kappa shape index (κ3) is 3.11. The molecule has 4 nitrogen and oxygen atoms in total. The van der Waals surface area contributed by atoms with Crippen LogP contribution in [0.1, 0.15) is 16.7 Å². The van der Waals surface area contributed by atoms with Crippen LogP contribution in [-0.2, 0) is 0 Å². The molecule has 0 amide bonds. The van der Waals surface area contributed by atoms with Crippen molar-refractivity contribution in [2.45, 2.75) is 20.8 Å². The first kappa shape index (κ1) is 17.2. The van der Waals surface area contributed by atoms with Crippen molar-refractivity contribution >= 4 is 10.9 Å². The van der Waals surface area contributed by atoms with Crippen molar-refractivity contribution < 1.29 is 49.2 Å². The van der Waals surface area contributed by atoms with E-state index in [1.165, 1.54) is 28.8 Å². The number of fused-ring (bicyclic) bond motifs is 1. The van der Waals surface area contributed by atoms with Crippen LogP contribution in [0.2, 0.25) is 0 Å². The molecule has 2 N–H and O–H groups in total. The van der Waals surface area contributed by atoms with Crippen molar-refractivity contribution in [3.05, 3.63) is 57.4 Å². The number of phenolic OH excluding ortho intramolecular Hbond substituents is 1. The maximum absolute atomic E-state index is 12.2. The standard InChI is InChI=1S/C17H16N2O2.Ac/c1-9-6-12(7-10(2)11(9)3)16-18-15-5-4-13(20)8-14(15)17(21)19-16;/h4-8,20H,1-3H3,(H,18,19,21);. The number of rotatable bonds is 1. The first-order valence-electron chi connectivity index (χ1n) is 6.77. The summed E-state index contributed by atoms with van der Waals surface area (Å²) in [5.41, 5.74) is 4.79. The Morgan fingerprint density at radius 3 is 2.32 bits per heavy atom.